The van der Waals surface area contributed by atoms with Crippen LogP contribution in [0.3, 0.4) is 0 Å². The van der Waals surface area contributed by atoms with Gasteiger partial charge in [-0.15, -0.1) is 0 Å². The third kappa shape index (κ3) is 53.1. The Kier molecular flexibility index (Phi) is 48.1. The SMILES string of the molecule is CC(C)(C)OC(=O)NC(=NCC1OC(OC2C(N=C(NC(=O)OC(C)(C)C)NC(=O)OC(C)(C)C)CC(N=C(NC(=O)OC(C)(C)C)NC(=O)OC(C)(C)C)C(O)C2OC2OC(CSCCOCCS)C(OC3OC(CN=C(NC(=O)OC(C)(C)C)NC(=O)OC(C)(C)C)C(O)[C@@H](O)C3N=C(NC(=O)OC(C)(C)C)NC(=O)OC(C)(C)C)C2O)C(N=C(NC(=O)OC(C)(C)C)NC(=O)OC(C)(C)C)C(O)C1O)NC(=O)OC(C)(C)C. The molecule has 0 bridgehead atoms. The minimum Gasteiger partial charge on any atom is -0.444 e. The molecule has 18 N–H and O–H groups in total. The molecule has 0 spiro atoms. The standard InChI is InChI=1S/C93H162N18O37S2/c1-82(2,3)137-70(118)100-64(101-71(119)138-83(4,5)6)94-42-47-53(113)55(115)50(98-68(108-78(126)145-90(25,26)27)109-79(127)146-91(28,29)30)61(131-47)134-58-46(97-67(106-76(124)143-88(19,20)21)107-77(125)144-89(22,23)24)41-45(96-66(104-74(122)141-86(13,14)15)105-75(123)142-87(16,17)18)52(112)60(58)136-63-57(117)59(49(133-63)44-150-40-38-130-37-39-149)135-62-51(99-69(110-80(128)147-92(31,32)33)111-81(129)148-93(34,35)36)56(116)54(114)48(132-62)43-95-65(102-72(120)139-84(7,8)9)103-73(121)140-85(10,11)12/h45-63,112-117,149H,37-44H2,1-36H3,(H2,94,100,101,118,119)(H2,95,102,103,120,121)(H2,96,104,105,122,123)(H2,97,106,107,124,125)(H2,98,108,109,126,127)(H2,99,110,111,128,129)/t45?,46?,47?,48?,49?,50?,51?,52?,53?,54?,55?,56-,57?,58?,59?,60?,61?,62?,63?/m0/s1. The van der Waals surface area contributed by atoms with Gasteiger partial charge in [0.15, 0.2) is 18.9 Å². The normalized spacial score (nSPS) is 23.9. The number of rotatable bonds is 21. The van der Waals surface area contributed by atoms with Crippen LogP contribution in [0.5, 0.6) is 0 Å². The highest BCUT2D eigenvalue weighted by molar-refractivity contribution is 7.99. The molecule has 3 heterocycles. The van der Waals surface area contributed by atoms with Crippen LogP contribution in [-0.2, 0) is 90.0 Å². The maximum Gasteiger partial charge on any atom is 0.414 e. The molecule has 150 heavy (non-hydrogen) atoms. The fraction of sp³-hybridized carbons (Fsp3) is 0.806. The smallest absolute Gasteiger partial charge is 0.414 e. The van der Waals surface area contributed by atoms with E-state index in [4.69, 9.17) is 100.0 Å². The molecule has 3 saturated heterocycles. The van der Waals surface area contributed by atoms with Gasteiger partial charge in [0.1, 0.15) is 146 Å². The van der Waals surface area contributed by atoms with Gasteiger partial charge in [0.2, 0.25) is 35.8 Å². The molecular formula is C93H162N18O37S2. The van der Waals surface area contributed by atoms with E-state index in [1.54, 1.807) is 0 Å². The summed E-state index contributed by atoms with van der Waals surface area (Å²) in [6.07, 6.45) is -50.3. The first kappa shape index (κ1) is 132. The van der Waals surface area contributed by atoms with Gasteiger partial charge in [-0.2, -0.15) is 24.4 Å². The first-order valence-corrected chi connectivity index (χ1v) is 50.0. The molecule has 55 nitrogen and oxygen atoms in total. The van der Waals surface area contributed by atoms with Gasteiger partial charge in [-0.3, -0.25) is 63.8 Å². The number of hydrogen-bond donors (Lipinski definition) is 19. The number of hydrogen-bond acceptors (Lipinski definition) is 45. The lowest BCUT2D eigenvalue weighted by Crippen LogP contribution is -2.64. The van der Waals surface area contributed by atoms with Crippen LogP contribution < -0.4 is 63.8 Å². The van der Waals surface area contributed by atoms with E-state index in [0.29, 0.717) is 0 Å². The molecule has 57 heteroatoms. The number of nitrogens with zero attached hydrogens (tertiary/aromatic N) is 6. The number of alkyl carbamates (subject to hydrolysis) is 12. The van der Waals surface area contributed by atoms with Crippen LogP contribution in [0, 0.1) is 0 Å². The van der Waals surface area contributed by atoms with Crippen molar-refractivity contribution >= 4 is 133 Å². The van der Waals surface area contributed by atoms with E-state index < -0.39 is 312 Å². The van der Waals surface area contributed by atoms with Crippen molar-refractivity contribution in [3.63, 3.8) is 0 Å². The number of nitrogens with one attached hydrogen (secondary N) is 12. The van der Waals surface area contributed by atoms with Crippen molar-refractivity contribution in [2.24, 2.45) is 30.0 Å². The van der Waals surface area contributed by atoms with E-state index in [2.05, 4.69) is 96.4 Å². The Hall–Kier alpha value is -10.6. The summed E-state index contributed by atoms with van der Waals surface area (Å²) >= 11 is 5.36. The summed E-state index contributed by atoms with van der Waals surface area (Å²) in [5.41, 5.74) is -15.2. The highest BCUT2D eigenvalue weighted by atomic mass is 32.2. The van der Waals surface area contributed by atoms with Crippen molar-refractivity contribution in [2.75, 3.05) is 43.6 Å². The number of carbonyl (C=O) groups is 12. The number of aliphatic hydroxyl groups is 6. The Bertz CT molecular complexity index is 4540. The number of aliphatic imine (C=N–C) groups is 6. The zero-order valence-electron chi connectivity index (χ0n) is 92.5. The molecule has 858 valence electrons. The second-order valence-electron chi connectivity index (χ2n) is 46.4. The largest absolute Gasteiger partial charge is 0.444 e. The summed E-state index contributed by atoms with van der Waals surface area (Å²) in [5.74, 6) is -5.02. The molecule has 3 aliphatic heterocycles. The molecule has 0 radical (unpaired) electrons. The van der Waals surface area contributed by atoms with Gasteiger partial charge < -0.3 is 121 Å². The average Bonchev–Trinajstić information content (AvgIpc) is 0.998. The van der Waals surface area contributed by atoms with Crippen LogP contribution in [0.1, 0.15) is 256 Å². The highest BCUT2D eigenvalue weighted by Crippen LogP contribution is 2.40. The van der Waals surface area contributed by atoms with Gasteiger partial charge in [0.25, 0.3) is 0 Å². The zero-order chi connectivity index (χ0) is 115. The summed E-state index contributed by atoms with van der Waals surface area (Å²) < 4.78 is 114. The quantitative estimate of drug-likeness (QED) is 0.0174. The molecule has 0 aromatic carbocycles. The Balaban J connectivity index is 2.50. The van der Waals surface area contributed by atoms with Gasteiger partial charge in [0.05, 0.1) is 44.5 Å². The summed E-state index contributed by atoms with van der Waals surface area (Å²) in [6, 6.07) is -8.68. The molecular weight excluding hydrogens is 2030 g/mol. The third-order valence-corrected chi connectivity index (χ3v) is 18.9. The lowest BCUT2D eigenvalue weighted by atomic mass is 9.83. The Morgan fingerprint density at radius 1 is 0.273 bits per heavy atom. The Labute approximate surface area is 883 Å². The van der Waals surface area contributed by atoms with Crippen LogP contribution in [0.15, 0.2) is 30.0 Å². The fourth-order valence-electron chi connectivity index (χ4n) is 12.8. The van der Waals surface area contributed by atoms with Crippen LogP contribution in [0.25, 0.3) is 0 Å². The molecule has 4 rings (SSSR count). The average molecular weight is 2190 g/mol. The molecule has 1 aliphatic carbocycles. The molecule has 4 fully saturated rings. The van der Waals surface area contributed by atoms with Crippen molar-refractivity contribution in [1.29, 1.82) is 0 Å². The van der Waals surface area contributed by atoms with Gasteiger partial charge >= 0.3 is 73.1 Å². The number of ether oxygens (including phenoxy) is 19. The summed E-state index contributed by atoms with van der Waals surface area (Å²) in [6.45, 7) is 52.1. The van der Waals surface area contributed by atoms with Gasteiger partial charge in [0, 0.05) is 17.3 Å². The van der Waals surface area contributed by atoms with E-state index >= 15 is 0 Å². The van der Waals surface area contributed by atoms with Crippen LogP contribution in [0.2, 0.25) is 0 Å². The van der Waals surface area contributed by atoms with E-state index in [0.717, 1.165) is 11.8 Å². The number of thiol groups is 1. The minimum absolute atomic E-state index is 0.0283. The van der Waals surface area contributed by atoms with Crippen molar-refractivity contribution < 1.29 is 178 Å². The van der Waals surface area contributed by atoms with E-state index in [-0.39, 0.29) is 30.5 Å². The summed E-state index contributed by atoms with van der Waals surface area (Å²) in [7, 11) is 0. The van der Waals surface area contributed by atoms with Crippen molar-refractivity contribution in [3.8, 4) is 0 Å². The maximum atomic E-state index is 14.5. The summed E-state index contributed by atoms with van der Waals surface area (Å²) in [5, 5.41) is 106. The molecule has 4 aliphatic rings. The predicted molar refractivity (Wildman–Crippen MR) is 545 cm³/mol. The maximum absolute atomic E-state index is 14.5. The van der Waals surface area contributed by atoms with Gasteiger partial charge in [-0.25, -0.2) is 87.5 Å². The monoisotopic (exact) mass is 2190 g/mol. The van der Waals surface area contributed by atoms with Crippen molar-refractivity contribution in [2.45, 2.75) is 439 Å². The van der Waals surface area contributed by atoms with Crippen LogP contribution in [-0.4, -0.2) is 367 Å². The number of carbonyl (C=O) groups excluding carboxylic acids is 12. The minimum atomic E-state index is -2.52. The van der Waals surface area contributed by atoms with Crippen LogP contribution >= 0.6 is 24.4 Å². The van der Waals surface area contributed by atoms with Crippen molar-refractivity contribution in [1.82, 2.24) is 63.8 Å². The highest BCUT2D eigenvalue weighted by Gasteiger charge is 2.58. The molecule has 19 atom stereocenters. The van der Waals surface area contributed by atoms with Gasteiger partial charge in [-0.1, -0.05) is 0 Å². The van der Waals surface area contributed by atoms with E-state index in [1.165, 1.54) is 249 Å². The Morgan fingerprint density at radius 2 is 0.500 bits per heavy atom. The fourth-order valence-corrected chi connectivity index (χ4v) is 13.9. The second kappa shape index (κ2) is 54.8. The zero-order valence-corrected chi connectivity index (χ0v) is 94.2. The summed E-state index contributed by atoms with van der Waals surface area (Å²) in [4.78, 5) is 195. The van der Waals surface area contributed by atoms with Gasteiger partial charge in [-0.05, 0) is 256 Å². The number of amides is 12. The molecule has 1 saturated carbocycles. The molecule has 0 aromatic rings. The lowest BCUT2D eigenvalue weighted by molar-refractivity contribution is -0.306. The van der Waals surface area contributed by atoms with E-state index in [9.17, 15) is 88.2 Å². The molecule has 18 unspecified atom stereocenters. The second-order valence-corrected chi connectivity index (χ2v) is 48.0. The molecule has 12 amide bonds. The van der Waals surface area contributed by atoms with Crippen LogP contribution in [0.4, 0.5) is 57.5 Å². The van der Waals surface area contributed by atoms with Crippen molar-refractivity contribution in [3.05, 3.63) is 0 Å². The first-order valence-electron chi connectivity index (χ1n) is 48.2. The Morgan fingerprint density at radius 3 is 0.753 bits per heavy atom. The number of aliphatic hydroxyl groups excluding tert-OH is 6. The number of guanidine groups is 6. The third-order valence-electron chi connectivity index (χ3n) is 17.7. The predicted octanol–water partition coefficient (Wildman–Crippen LogP) is 7.47. The lowest BCUT2D eigenvalue weighted by Gasteiger charge is -2.47. The van der Waals surface area contributed by atoms with E-state index in [1.807, 2.05) is 0 Å². The molecule has 0 aromatic heterocycles. The topological polar surface area (TPSA) is 720 Å². The number of thioether (sulfide) groups is 1. The first-order chi connectivity index (χ1) is 68.1.